The maximum Gasteiger partial charge on any atom is 0.240 e. The van der Waals surface area contributed by atoms with Crippen LogP contribution in [0.5, 0.6) is 0 Å². The largest absolute Gasteiger partial charge is 0.264 e. The van der Waals surface area contributed by atoms with Crippen molar-refractivity contribution in [2.75, 3.05) is 7.05 Å². The number of H-pyrrole nitrogens is 1. The summed E-state index contributed by atoms with van der Waals surface area (Å²) in [5, 5.41) is 7.12. The fraction of sp³-hybridized carbons (Fsp3) is 0.188. The van der Waals surface area contributed by atoms with E-state index in [-0.39, 0.29) is 4.90 Å². The number of sulfonamides is 1. The van der Waals surface area contributed by atoms with E-state index in [1.807, 2.05) is 24.3 Å². The SMILES string of the molecule is CNS(=O)(=O)c1ccc(CCc2nc(-c3cccnc3)n[nH]2)cc1. The van der Waals surface area contributed by atoms with E-state index in [2.05, 4.69) is 24.9 Å². The van der Waals surface area contributed by atoms with Crippen molar-refractivity contribution in [1.82, 2.24) is 24.9 Å². The Morgan fingerprint density at radius 2 is 1.92 bits per heavy atom. The molecule has 0 unspecified atom stereocenters. The van der Waals surface area contributed by atoms with Crippen molar-refractivity contribution in [1.29, 1.82) is 0 Å². The van der Waals surface area contributed by atoms with Crippen LogP contribution in [-0.4, -0.2) is 35.6 Å². The Morgan fingerprint density at radius 3 is 2.58 bits per heavy atom. The highest BCUT2D eigenvalue weighted by Crippen LogP contribution is 2.14. The van der Waals surface area contributed by atoms with Crippen LogP contribution in [0.25, 0.3) is 11.4 Å². The van der Waals surface area contributed by atoms with Crippen molar-refractivity contribution in [2.45, 2.75) is 17.7 Å². The third kappa shape index (κ3) is 3.66. The summed E-state index contributed by atoms with van der Waals surface area (Å²) in [5.41, 5.74) is 1.89. The monoisotopic (exact) mass is 343 g/mol. The summed E-state index contributed by atoms with van der Waals surface area (Å²) in [4.78, 5) is 8.76. The van der Waals surface area contributed by atoms with Crippen LogP contribution in [0.4, 0.5) is 0 Å². The van der Waals surface area contributed by atoms with E-state index >= 15 is 0 Å². The maximum atomic E-state index is 11.7. The molecule has 0 aliphatic carbocycles. The average molecular weight is 343 g/mol. The predicted octanol–water partition coefficient (Wildman–Crippen LogP) is 1.56. The molecule has 1 aromatic carbocycles. The summed E-state index contributed by atoms with van der Waals surface area (Å²) in [6.07, 6.45) is 4.84. The van der Waals surface area contributed by atoms with Gasteiger partial charge in [-0.3, -0.25) is 10.1 Å². The summed E-state index contributed by atoms with van der Waals surface area (Å²) in [6, 6.07) is 10.6. The van der Waals surface area contributed by atoms with E-state index in [0.717, 1.165) is 23.4 Å². The smallest absolute Gasteiger partial charge is 0.240 e. The zero-order chi connectivity index (χ0) is 17.0. The molecule has 0 saturated heterocycles. The van der Waals surface area contributed by atoms with Gasteiger partial charge in [0.1, 0.15) is 5.82 Å². The lowest BCUT2D eigenvalue weighted by molar-refractivity contribution is 0.588. The number of aromatic nitrogens is 4. The number of pyridine rings is 1. The number of rotatable bonds is 6. The van der Waals surface area contributed by atoms with Crippen molar-refractivity contribution in [3.8, 4) is 11.4 Å². The Hall–Kier alpha value is -2.58. The van der Waals surface area contributed by atoms with E-state index < -0.39 is 10.0 Å². The molecule has 2 aromatic heterocycles. The second-order valence-corrected chi connectivity index (χ2v) is 7.09. The van der Waals surface area contributed by atoms with Gasteiger partial charge in [0.15, 0.2) is 5.82 Å². The zero-order valence-electron chi connectivity index (χ0n) is 13.1. The zero-order valence-corrected chi connectivity index (χ0v) is 13.9. The van der Waals surface area contributed by atoms with E-state index in [4.69, 9.17) is 0 Å². The number of aromatic amines is 1. The molecule has 3 rings (SSSR count). The predicted molar refractivity (Wildman–Crippen MR) is 89.7 cm³/mol. The van der Waals surface area contributed by atoms with Gasteiger partial charge in [0.2, 0.25) is 10.0 Å². The maximum absolute atomic E-state index is 11.7. The molecular formula is C16H17N5O2S. The van der Waals surface area contributed by atoms with Crippen LogP contribution in [0.2, 0.25) is 0 Å². The van der Waals surface area contributed by atoms with Gasteiger partial charge in [0.25, 0.3) is 0 Å². The van der Waals surface area contributed by atoms with E-state index in [9.17, 15) is 8.42 Å². The second-order valence-electron chi connectivity index (χ2n) is 5.20. The molecule has 0 aliphatic heterocycles. The Bertz CT molecular complexity index is 905. The van der Waals surface area contributed by atoms with Gasteiger partial charge in [0, 0.05) is 24.4 Å². The molecule has 3 aromatic rings. The fourth-order valence-electron chi connectivity index (χ4n) is 2.25. The van der Waals surface area contributed by atoms with E-state index in [1.54, 1.807) is 24.5 Å². The van der Waals surface area contributed by atoms with Crippen molar-refractivity contribution in [3.63, 3.8) is 0 Å². The Labute approximate surface area is 140 Å². The Balaban J connectivity index is 1.65. The van der Waals surface area contributed by atoms with Gasteiger partial charge in [-0.2, -0.15) is 5.10 Å². The molecule has 0 radical (unpaired) electrons. The van der Waals surface area contributed by atoms with Gasteiger partial charge >= 0.3 is 0 Å². The van der Waals surface area contributed by atoms with Crippen LogP contribution in [-0.2, 0) is 22.9 Å². The highest BCUT2D eigenvalue weighted by atomic mass is 32.2. The standard InChI is InChI=1S/C16H17N5O2S/c1-17-24(22,23)14-7-4-12(5-8-14)6-9-15-19-16(21-20-15)13-3-2-10-18-11-13/h2-5,7-8,10-11,17H,6,9H2,1H3,(H,19,20,21). The van der Waals surface area contributed by atoms with E-state index in [1.165, 1.54) is 7.05 Å². The minimum atomic E-state index is -3.39. The molecule has 0 atom stereocenters. The van der Waals surface area contributed by atoms with Gasteiger partial charge in [-0.05, 0) is 43.3 Å². The molecular weight excluding hydrogens is 326 g/mol. The topological polar surface area (TPSA) is 101 Å². The van der Waals surface area contributed by atoms with Gasteiger partial charge in [-0.15, -0.1) is 0 Å². The third-order valence-corrected chi connectivity index (χ3v) is 5.03. The van der Waals surface area contributed by atoms with Gasteiger partial charge in [-0.25, -0.2) is 18.1 Å². The highest BCUT2D eigenvalue weighted by Gasteiger charge is 2.11. The van der Waals surface area contributed by atoms with Crippen LogP contribution in [0.15, 0.2) is 53.7 Å². The number of hydrogen-bond acceptors (Lipinski definition) is 5. The molecule has 2 N–H and O–H groups in total. The molecule has 8 heteroatoms. The normalized spacial score (nSPS) is 11.5. The molecule has 0 saturated carbocycles. The molecule has 0 spiro atoms. The van der Waals surface area contributed by atoms with Crippen molar-refractivity contribution < 1.29 is 8.42 Å². The third-order valence-electron chi connectivity index (χ3n) is 3.60. The number of hydrogen-bond donors (Lipinski definition) is 2. The lowest BCUT2D eigenvalue weighted by Gasteiger charge is -2.04. The number of benzene rings is 1. The molecule has 0 aliphatic rings. The first kappa shape index (κ1) is 16.3. The highest BCUT2D eigenvalue weighted by molar-refractivity contribution is 7.89. The fourth-order valence-corrected chi connectivity index (χ4v) is 2.98. The molecule has 2 heterocycles. The number of nitrogens with zero attached hydrogens (tertiary/aromatic N) is 3. The van der Waals surface area contributed by atoms with Crippen LogP contribution < -0.4 is 4.72 Å². The summed E-state index contributed by atoms with van der Waals surface area (Å²) in [6.45, 7) is 0. The molecule has 0 fully saturated rings. The van der Waals surface area contributed by atoms with Gasteiger partial charge in [-0.1, -0.05) is 12.1 Å². The van der Waals surface area contributed by atoms with Gasteiger partial charge < -0.3 is 0 Å². The minimum absolute atomic E-state index is 0.257. The summed E-state index contributed by atoms with van der Waals surface area (Å²) >= 11 is 0. The Morgan fingerprint density at radius 1 is 1.12 bits per heavy atom. The van der Waals surface area contributed by atoms with Crippen molar-refractivity contribution >= 4 is 10.0 Å². The van der Waals surface area contributed by atoms with Crippen LogP contribution in [0, 0.1) is 0 Å². The first-order valence-electron chi connectivity index (χ1n) is 7.42. The summed E-state index contributed by atoms with van der Waals surface area (Å²) in [7, 11) is -2.00. The quantitative estimate of drug-likeness (QED) is 0.707. The van der Waals surface area contributed by atoms with Crippen molar-refractivity contribution in [2.24, 2.45) is 0 Å². The van der Waals surface area contributed by atoms with Crippen molar-refractivity contribution in [3.05, 3.63) is 60.2 Å². The summed E-state index contributed by atoms with van der Waals surface area (Å²) < 4.78 is 25.7. The number of nitrogens with one attached hydrogen (secondary N) is 2. The van der Waals surface area contributed by atoms with Crippen LogP contribution in [0.1, 0.15) is 11.4 Å². The Kier molecular flexibility index (Phi) is 4.68. The van der Waals surface area contributed by atoms with Crippen LogP contribution in [0.3, 0.4) is 0 Å². The van der Waals surface area contributed by atoms with Crippen LogP contribution >= 0.6 is 0 Å². The summed E-state index contributed by atoms with van der Waals surface area (Å²) in [5.74, 6) is 1.40. The first-order valence-corrected chi connectivity index (χ1v) is 8.91. The van der Waals surface area contributed by atoms with Gasteiger partial charge in [0.05, 0.1) is 4.90 Å². The minimum Gasteiger partial charge on any atom is -0.264 e. The van der Waals surface area contributed by atoms with E-state index in [0.29, 0.717) is 12.2 Å². The molecule has 7 nitrogen and oxygen atoms in total. The molecule has 0 amide bonds. The molecule has 24 heavy (non-hydrogen) atoms. The lowest BCUT2D eigenvalue weighted by atomic mass is 10.1. The average Bonchev–Trinajstić information content (AvgIpc) is 3.10. The second kappa shape index (κ2) is 6.90. The lowest BCUT2D eigenvalue weighted by Crippen LogP contribution is -2.18. The first-order chi connectivity index (χ1) is 11.6. The molecule has 124 valence electrons. The number of aryl methyl sites for hydroxylation is 2. The molecule has 0 bridgehead atoms.